The number of carbonyl (C=O) groups excluding carboxylic acids is 1. The molecule has 1 aliphatic heterocycles. The number of nitrogens with zero attached hydrogens (tertiary/aromatic N) is 1. The molecule has 1 saturated heterocycles. The van der Waals surface area contributed by atoms with E-state index in [4.69, 9.17) is 21.1 Å². The van der Waals surface area contributed by atoms with Crippen molar-refractivity contribution >= 4 is 17.7 Å². The van der Waals surface area contributed by atoms with E-state index in [9.17, 15) is 4.79 Å². The highest BCUT2D eigenvalue weighted by atomic mass is 35.5. The molecule has 6 heteroatoms. The molecule has 1 N–H and O–H groups in total. The number of hydrogen-bond donors (Lipinski definition) is 1. The van der Waals surface area contributed by atoms with Crippen LogP contribution in [0.25, 0.3) is 0 Å². The fraction of sp³-hybridized carbons (Fsp3) is 0.350. The normalized spacial score (nSPS) is 14.1. The number of halogens is 1. The Morgan fingerprint density at radius 3 is 2.65 bits per heavy atom. The SMILES string of the molecule is O=C(OCc1cccc(OCCc2cccc(Cl)c2)c1)N1CCNCC1. The van der Waals surface area contributed by atoms with E-state index >= 15 is 0 Å². The molecule has 0 aliphatic carbocycles. The summed E-state index contributed by atoms with van der Waals surface area (Å²) in [6.07, 6.45) is 0.516. The van der Waals surface area contributed by atoms with Gasteiger partial charge < -0.3 is 19.7 Å². The zero-order chi connectivity index (χ0) is 18.2. The number of ether oxygens (including phenoxy) is 2. The van der Waals surface area contributed by atoms with Crippen LogP contribution in [0.4, 0.5) is 4.79 Å². The van der Waals surface area contributed by atoms with Crippen LogP contribution in [0, 0.1) is 0 Å². The fourth-order valence-electron chi connectivity index (χ4n) is 2.79. The van der Waals surface area contributed by atoms with Crippen molar-refractivity contribution in [3.8, 4) is 5.75 Å². The molecule has 0 bridgehead atoms. The molecule has 0 spiro atoms. The number of benzene rings is 2. The molecule has 1 aliphatic rings. The maximum atomic E-state index is 12.0. The van der Waals surface area contributed by atoms with Crippen LogP contribution >= 0.6 is 11.6 Å². The lowest BCUT2D eigenvalue weighted by atomic mass is 10.2. The van der Waals surface area contributed by atoms with Crippen LogP contribution in [0.15, 0.2) is 48.5 Å². The topological polar surface area (TPSA) is 50.8 Å². The molecule has 138 valence electrons. The summed E-state index contributed by atoms with van der Waals surface area (Å²) in [4.78, 5) is 13.8. The van der Waals surface area contributed by atoms with E-state index in [1.54, 1.807) is 4.90 Å². The second kappa shape index (κ2) is 9.46. The Hall–Kier alpha value is -2.24. The van der Waals surface area contributed by atoms with E-state index in [2.05, 4.69) is 5.32 Å². The first kappa shape index (κ1) is 18.5. The van der Waals surface area contributed by atoms with E-state index < -0.39 is 0 Å². The van der Waals surface area contributed by atoms with Gasteiger partial charge in [-0.1, -0.05) is 35.9 Å². The maximum absolute atomic E-state index is 12.0. The third-order valence-electron chi connectivity index (χ3n) is 4.18. The minimum atomic E-state index is -0.265. The Bertz CT molecular complexity index is 733. The Morgan fingerprint density at radius 2 is 1.85 bits per heavy atom. The summed E-state index contributed by atoms with van der Waals surface area (Å²) in [5.41, 5.74) is 2.05. The van der Waals surface area contributed by atoms with Crippen LogP contribution in [-0.2, 0) is 17.8 Å². The minimum Gasteiger partial charge on any atom is -0.493 e. The van der Waals surface area contributed by atoms with Crippen molar-refractivity contribution in [1.29, 1.82) is 0 Å². The first-order valence-electron chi connectivity index (χ1n) is 8.79. The molecule has 1 amide bonds. The van der Waals surface area contributed by atoms with Crippen LogP contribution in [0.5, 0.6) is 5.75 Å². The summed E-state index contributed by atoms with van der Waals surface area (Å²) < 4.78 is 11.2. The Labute approximate surface area is 158 Å². The maximum Gasteiger partial charge on any atom is 0.410 e. The van der Waals surface area contributed by atoms with E-state index in [0.717, 1.165) is 41.4 Å². The summed E-state index contributed by atoms with van der Waals surface area (Å²) in [7, 11) is 0. The first-order valence-corrected chi connectivity index (χ1v) is 9.17. The number of carbonyl (C=O) groups is 1. The molecule has 0 radical (unpaired) electrons. The number of piperazine rings is 1. The van der Waals surface area contributed by atoms with Gasteiger partial charge in [0.1, 0.15) is 12.4 Å². The van der Waals surface area contributed by atoms with E-state index in [1.807, 2.05) is 48.5 Å². The molecule has 0 unspecified atom stereocenters. The van der Waals surface area contributed by atoms with Crippen molar-refractivity contribution in [3.63, 3.8) is 0 Å². The van der Waals surface area contributed by atoms with Crippen LogP contribution in [-0.4, -0.2) is 43.8 Å². The quantitative estimate of drug-likeness (QED) is 0.840. The molecule has 1 heterocycles. The highest BCUT2D eigenvalue weighted by molar-refractivity contribution is 6.30. The van der Waals surface area contributed by atoms with Gasteiger partial charge in [0.25, 0.3) is 0 Å². The summed E-state index contributed by atoms with van der Waals surface area (Å²) in [6.45, 7) is 3.80. The Morgan fingerprint density at radius 1 is 1.08 bits per heavy atom. The molecule has 2 aromatic carbocycles. The molecule has 5 nitrogen and oxygen atoms in total. The Kier molecular flexibility index (Phi) is 6.75. The molecule has 26 heavy (non-hydrogen) atoms. The lowest BCUT2D eigenvalue weighted by Crippen LogP contribution is -2.46. The van der Waals surface area contributed by atoms with E-state index in [-0.39, 0.29) is 12.7 Å². The zero-order valence-corrected chi connectivity index (χ0v) is 15.4. The number of hydrogen-bond acceptors (Lipinski definition) is 4. The van der Waals surface area contributed by atoms with Gasteiger partial charge in [0.2, 0.25) is 0 Å². The van der Waals surface area contributed by atoms with Gasteiger partial charge >= 0.3 is 6.09 Å². The predicted octanol–water partition coefficient (Wildman–Crippen LogP) is 3.50. The molecular weight excluding hydrogens is 352 g/mol. The van der Waals surface area contributed by atoms with Crippen molar-refractivity contribution in [1.82, 2.24) is 10.2 Å². The Balaban J connectivity index is 1.46. The smallest absolute Gasteiger partial charge is 0.410 e. The third-order valence-corrected chi connectivity index (χ3v) is 4.42. The second-order valence-electron chi connectivity index (χ2n) is 6.17. The molecule has 0 aromatic heterocycles. The van der Waals surface area contributed by atoms with Crippen molar-refractivity contribution in [2.45, 2.75) is 13.0 Å². The third kappa shape index (κ3) is 5.64. The highest BCUT2D eigenvalue weighted by Crippen LogP contribution is 2.16. The van der Waals surface area contributed by atoms with Crippen molar-refractivity contribution in [2.24, 2.45) is 0 Å². The van der Waals surface area contributed by atoms with Gasteiger partial charge in [-0.25, -0.2) is 4.79 Å². The van der Waals surface area contributed by atoms with Gasteiger partial charge in [-0.2, -0.15) is 0 Å². The number of rotatable bonds is 6. The molecule has 1 fully saturated rings. The van der Waals surface area contributed by atoms with Crippen molar-refractivity contribution < 1.29 is 14.3 Å². The van der Waals surface area contributed by atoms with Crippen LogP contribution in [0.2, 0.25) is 5.02 Å². The fourth-order valence-corrected chi connectivity index (χ4v) is 3.00. The van der Waals surface area contributed by atoms with Gasteiger partial charge in [-0.05, 0) is 35.4 Å². The van der Waals surface area contributed by atoms with Gasteiger partial charge in [0.15, 0.2) is 0 Å². The molecule has 0 saturated carbocycles. The van der Waals surface area contributed by atoms with Crippen molar-refractivity contribution in [2.75, 3.05) is 32.8 Å². The van der Waals surface area contributed by atoms with E-state index in [1.165, 1.54) is 0 Å². The summed E-state index contributed by atoms with van der Waals surface area (Å²) in [5, 5.41) is 3.94. The number of nitrogens with one attached hydrogen (secondary N) is 1. The summed E-state index contributed by atoms with van der Waals surface area (Å²) in [6, 6.07) is 15.4. The van der Waals surface area contributed by atoms with Crippen LogP contribution < -0.4 is 10.1 Å². The summed E-state index contributed by atoms with van der Waals surface area (Å²) >= 11 is 5.99. The lowest BCUT2D eigenvalue weighted by molar-refractivity contribution is 0.0917. The molecule has 2 aromatic rings. The average Bonchev–Trinajstić information content (AvgIpc) is 2.67. The predicted molar refractivity (Wildman–Crippen MR) is 102 cm³/mol. The lowest BCUT2D eigenvalue weighted by Gasteiger charge is -2.26. The standard InChI is InChI=1S/C20H23ClN2O3/c21-18-5-1-3-16(13-18)7-12-25-19-6-2-4-17(14-19)15-26-20(24)23-10-8-22-9-11-23/h1-6,13-14,22H,7-12,15H2. The second-order valence-corrected chi connectivity index (χ2v) is 6.60. The zero-order valence-electron chi connectivity index (χ0n) is 14.6. The van der Waals surface area contributed by atoms with Gasteiger partial charge in [-0.3, -0.25) is 0 Å². The molecule has 3 rings (SSSR count). The molecular formula is C20H23ClN2O3. The average molecular weight is 375 g/mol. The van der Waals surface area contributed by atoms with Gasteiger partial charge in [0, 0.05) is 37.6 Å². The number of amides is 1. The summed E-state index contributed by atoms with van der Waals surface area (Å²) in [5.74, 6) is 0.766. The van der Waals surface area contributed by atoms with Crippen molar-refractivity contribution in [3.05, 3.63) is 64.7 Å². The first-order chi connectivity index (χ1) is 12.7. The highest BCUT2D eigenvalue weighted by Gasteiger charge is 2.17. The van der Waals surface area contributed by atoms with Crippen LogP contribution in [0.1, 0.15) is 11.1 Å². The van der Waals surface area contributed by atoms with E-state index in [0.29, 0.717) is 19.7 Å². The largest absolute Gasteiger partial charge is 0.493 e. The van der Waals surface area contributed by atoms with Gasteiger partial charge in [0.05, 0.1) is 6.61 Å². The minimum absolute atomic E-state index is 0.244. The molecule has 0 atom stereocenters. The van der Waals surface area contributed by atoms with Crippen LogP contribution in [0.3, 0.4) is 0 Å². The monoisotopic (exact) mass is 374 g/mol. The van der Waals surface area contributed by atoms with Gasteiger partial charge in [-0.15, -0.1) is 0 Å².